The Kier molecular flexibility index (Phi) is 3.85. The van der Waals surface area contributed by atoms with Gasteiger partial charge in [-0.15, -0.1) is 0 Å². The van der Waals surface area contributed by atoms with E-state index in [4.69, 9.17) is 0 Å². The maximum absolute atomic E-state index is 12.2. The Morgan fingerprint density at radius 2 is 1.72 bits per heavy atom. The van der Waals surface area contributed by atoms with E-state index in [1.54, 1.807) is 24.3 Å². The van der Waals surface area contributed by atoms with E-state index in [0.717, 1.165) is 25.7 Å². The minimum atomic E-state index is -3.20. The molecule has 0 spiro atoms. The van der Waals surface area contributed by atoms with E-state index in [2.05, 4.69) is 0 Å². The lowest BCUT2D eigenvalue weighted by Gasteiger charge is -2.10. The average Bonchev–Trinajstić information content (AvgIpc) is 2.81. The molecule has 1 fully saturated rings. The molecule has 0 bridgehead atoms. The smallest absolute Gasteiger partial charge is 0.178 e. The van der Waals surface area contributed by atoms with E-state index in [0.29, 0.717) is 16.4 Å². The van der Waals surface area contributed by atoms with Crippen LogP contribution in [-0.2, 0) is 9.84 Å². The van der Waals surface area contributed by atoms with E-state index in [9.17, 15) is 13.2 Å². The number of Topliss-reactive ketones (excluding diaryl/α,β-unsaturated/α-hetero) is 1. The van der Waals surface area contributed by atoms with Crippen molar-refractivity contribution in [2.75, 3.05) is 5.75 Å². The monoisotopic (exact) mass is 266 g/mol. The van der Waals surface area contributed by atoms with Crippen molar-refractivity contribution in [3.05, 3.63) is 29.8 Å². The van der Waals surface area contributed by atoms with Gasteiger partial charge in [-0.05, 0) is 37.8 Å². The molecule has 0 radical (unpaired) electrons. The molecule has 0 saturated heterocycles. The van der Waals surface area contributed by atoms with Gasteiger partial charge in [0.1, 0.15) is 0 Å². The summed E-state index contributed by atoms with van der Waals surface area (Å²) in [6.07, 6.45) is 4.32. The van der Waals surface area contributed by atoms with Gasteiger partial charge in [0.25, 0.3) is 0 Å². The average molecular weight is 266 g/mol. The van der Waals surface area contributed by atoms with E-state index in [1.165, 1.54) is 6.92 Å². The second kappa shape index (κ2) is 5.22. The Labute approximate surface area is 108 Å². The van der Waals surface area contributed by atoms with E-state index >= 15 is 0 Å². The Morgan fingerprint density at radius 3 is 2.22 bits per heavy atom. The number of carbonyl (C=O) groups excluding carboxylic acids is 1. The van der Waals surface area contributed by atoms with Crippen molar-refractivity contribution in [3.63, 3.8) is 0 Å². The molecule has 0 aliphatic heterocycles. The van der Waals surface area contributed by atoms with E-state index in [1.807, 2.05) is 0 Å². The predicted octanol–water partition coefficient (Wildman–Crippen LogP) is 2.85. The highest BCUT2D eigenvalue weighted by Crippen LogP contribution is 2.28. The Hall–Kier alpha value is -1.16. The fourth-order valence-electron chi connectivity index (χ4n) is 2.48. The van der Waals surface area contributed by atoms with Crippen LogP contribution in [0.2, 0.25) is 0 Å². The summed E-state index contributed by atoms with van der Waals surface area (Å²) in [5.74, 6) is 0.504. The first-order valence-corrected chi connectivity index (χ1v) is 7.98. The quantitative estimate of drug-likeness (QED) is 0.787. The zero-order chi connectivity index (χ0) is 13.2. The number of carbonyl (C=O) groups is 1. The number of rotatable bonds is 4. The lowest BCUT2D eigenvalue weighted by atomic mass is 10.1. The maximum atomic E-state index is 12.2. The molecule has 0 heterocycles. The second-order valence-corrected chi connectivity index (χ2v) is 7.05. The number of hydrogen-bond donors (Lipinski definition) is 0. The fraction of sp³-hybridized carbons (Fsp3) is 0.500. The van der Waals surface area contributed by atoms with Crippen molar-refractivity contribution < 1.29 is 13.2 Å². The summed E-state index contributed by atoms with van der Waals surface area (Å²) in [5.41, 5.74) is 0.551. The largest absolute Gasteiger partial charge is 0.295 e. The van der Waals surface area contributed by atoms with Gasteiger partial charge in [0.2, 0.25) is 0 Å². The number of hydrogen-bond acceptors (Lipinski definition) is 3. The zero-order valence-corrected chi connectivity index (χ0v) is 11.4. The molecule has 0 aromatic heterocycles. The Bertz CT molecular complexity index is 523. The molecule has 18 heavy (non-hydrogen) atoms. The first-order valence-electron chi connectivity index (χ1n) is 6.33. The molecule has 0 atom stereocenters. The van der Waals surface area contributed by atoms with Crippen molar-refractivity contribution in [2.45, 2.75) is 37.5 Å². The molecule has 1 aromatic rings. The number of ketones is 1. The molecule has 2 rings (SSSR count). The summed E-state index contributed by atoms with van der Waals surface area (Å²) >= 11 is 0. The summed E-state index contributed by atoms with van der Waals surface area (Å²) < 4.78 is 24.4. The maximum Gasteiger partial charge on any atom is 0.178 e. The molecule has 4 heteroatoms. The van der Waals surface area contributed by atoms with Gasteiger partial charge in [0, 0.05) is 5.56 Å². The number of sulfone groups is 1. The highest BCUT2D eigenvalue weighted by molar-refractivity contribution is 7.91. The van der Waals surface area contributed by atoms with Crippen LogP contribution in [0.5, 0.6) is 0 Å². The summed E-state index contributed by atoms with van der Waals surface area (Å²) in [4.78, 5) is 11.5. The SMILES string of the molecule is CC(=O)c1ccc(S(=O)(=O)CC2CCCC2)cc1. The molecule has 0 N–H and O–H groups in total. The van der Waals surface area contributed by atoms with Gasteiger partial charge in [-0.3, -0.25) is 4.79 Å². The molecule has 1 aliphatic carbocycles. The summed E-state index contributed by atoms with van der Waals surface area (Å²) in [6, 6.07) is 6.26. The molecule has 1 aliphatic rings. The highest BCUT2D eigenvalue weighted by Gasteiger charge is 2.23. The molecule has 98 valence electrons. The van der Waals surface area contributed by atoms with Gasteiger partial charge in [0.05, 0.1) is 10.6 Å². The molecule has 1 aromatic carbocycles. The lowest BCUT2D eigenvalue weighted by Crippen LogP contribution is -2.14. The topological polar surface area (TPSA) is 51.2 Å². The molecule has 0 amide bonds. The second-order valence-electron chi connectivity index (χ2n) is 5.01. The van der Waals surface area contributed by atoms with Gasteiger partial charge in [0.15, 0.2) is 15.6 Å². The third-order valence-corrected chi connectivity index (χ3v) is 5.45. The molecular weight excluding hydrogens is 248 g/mol. The van der Waals surface area contributed by atoms with Crippen LogP contribution in [0, 0.1) is 5.92 Å². The van der Waals surface area contributed by atoms with Crippen molar-refractivity contribution in [2.24, 2.45) is 5.92 Å². The van der Waals surface area contributed by atoms with Crippen LogP contribution >= 0.6 is 0 Å². The van der Waals surface area contributed by atoms with E-state index in [-0.39, 0.29) is 11.5 Å². The lowest BCUT2D eigenvalue weighted by molar-refractivity contribution is 0.101. The minimum absolute atomic E-state index is 0.0465. The first kappa shape index (κ1) is 13.3. The van der Waals surface area contributed by atoms with E-state index < -0.39 is 9.84 Å². The van der Waals surface area contributed by atoms with Crippen LogP contribution in [0.25, 0.3) is 0 Å². The fourth-order valence-corrected chi connectivity index (χ4v) is 4.18. The van der Waals surface area contributed by atoms with Crippen molar-refractivity contribution in [1.29, 1.82) is 0 Å². The zero-order valence-electron chi connectivity index (χ0n) is 10.6. The standard InChI is InChI=1S/C14H18O3S/c1-11(15)13-6-8-14(9-7-13)18(16,17)10-12-4-2-3-5-12/h6-9,12H,2-5,10H2,1H3. The van der Waals surface area contributed by atoms with Crippen molar-refractivity contribution in [1.82, 2.24) is 0 Å². The summed E-state index contributed by atoms with van der Waals surface area (Å²) in [6.45, 7) is 1.47. The van der Waals surface area contributed by atoms with Gasteiger partial charge in [-0.2, -0.15) is 0 Å². The van der Waals surface area contributed by atoms with Crippen LogP contribution in [0.15, 0.2) is 29.2 Å². The molecule has 1 saturated carbocycles. The highest BCUT2D eigenvalue weighted by atomic mass is 32.2. The Morgan fingerprint density at radius 1 is 1.17 bits per heavy atom. The summed E-state index contributed by atoms with van der Waals surface area (Å²) in [5, 5.41) is 0. The van der Waals surface area contributed by atoms with Crippen molar-refractivity contribution in [3.8, 4) is 0 Å². The molecule has 0 unspecified atom stereocenters. The van der Waals surface area contributed by atoms with Crippen LogP contribution in [0.1, 0.15) is 43.0 Å². The summed E-state index contributed by atoms with van der Waals surface area (Å²) in [7, 11) is -3.20. The van der Waals surface area contributed by atoms with Crippen LogP contribution in [0.3, 0.4) is 0 Å². The normalized spacial score (nSPS) is 16.9. The van der Waals surface area contributed by atoms with Crippen molar-refractivity contribution >= 4 is 15.6 Å². The van der Waals surface area contributed by atoms with Gasteiger partial charge < -0.3 is 0 Å². The minimum Gasteiger partial charge on any atom is -0.295 e. The third kappa shape index (κ3) is 2.99. The van der Waals surface area contributed by atoms with Crippen LogP contribution in [-0.4, -0.2) is 20.0 Å². The van der Waals surface area contributed by atoms with Crippen LogP contribution in [0.4, 0.5) is 0 Å². The molecular formula is C14H18O3S. The predicted molar refractivity (Wildman–Crippen MR) is 70.5 cm³/mol. The molecule has 3 nitrogen and oxygen atoms in total. The van der Waals surface area contributed by atoms with Crippen LogP contribution < -0.4 is 0 Å². The Balaban J connectivity index is 2.16. The number of benzene rings is 1. The van der Waals surface area contributed by atoms with Gasteiger partial charge >= 0.3 is 0 Å². The third-order valence-electron chi connectivity index (χ3n) is 3.55. The first-order chi connectivity index (χ1) is 8.49. The van der Waals surface area contributed by atoms with Gasteiger partial charge in [-0.25, -0.2) is 8.42 Å². The van der Waals surface area contributed by atoms with Gasteiger partial charge in [-0.1, -0.05) is 25.0 Å².